The van der Waals surface area contributed by atoms with Crippen LogP contribution >= 0.6 is 22.9 Å². The first-order chi connectivity index (χ1) is 8.19. The zero-order chi connectivity index (χ0) is 12.3. The molecule has 0 bridgehead atoms. The second-order valence-electron chi connectivity index (χ2n) is 3.22. The summed E-state index contributed by atoms with van der Waals surface area (Å²) >= 11 is 7.05. The Kier molecular flexibility index (Phi) is 3.72. The van der Waals surface area contributed by atoms with Crippen LogP contribution in [0.1, 0.15) is 22.4 Å². The number of halogens is 2. The molecule has 0 spiro atoms. The predicted molar refractivity (Wildman–Crippen MR) is 66.7 cm³/mol. The highest BCUT2D eigenvalue weighted by Gasteiger charge is 2.01. The number of nitrogens with zero attached hydrogens (tertiary/aromatic N) is 2. The smallest absolute Gasteiger partial charge is 0.167 e. The Morgan fingerprint density at radius 1 is 1.35 bits per heavy atom. The van der Waals surface area contributed by atoms with E-state index >= 15 is 0 Å². The summed E-state index contributed by atoms with van der Waals surface area (Å²) in [5.74, 6) is 5.04. The molecule has 0 N–H and O–H groups in total. The molecule has 0 aliphatic carbocycles. The molecule has 0 atom stereocenters. The van der Waals surface area contributed by atoms with E-state index in [1.54, 1.807) is 6.20 Å². The second kappa shape index (κ2) is 5.26. The predicted octanol–water partition coefficient (Wildman–Crippen LogP) is 3.29. The minimum absolute atomic E-state index is 0.121. The van der Waals surface area contributed by atoms with E-state index in [-0.39, 0.29) is 10.7 Å². The van der Waals surface area contributed by atoms with Crippen molar-refractivity contribution >= 4 is 22.9 Å². The lowest BCUT2D eigenvalue weighted by Gasteiger charge is -1.92. The van der Waals surface area contributed by atoms with Crippen LogP contribution in [0, 0.1) is 17.7 Å². The van der Waals surface area contributed by atoms with Crippen LogP contribution in [0.25, 0.3) is 0 Å². The SMILES string of the molecule is CCc1cnc(C#Cc2cnc(Cl)cc2F)s1. The molecule has 0 fully saturated rings. The molecular weight excluding hydrogens is 259 g/mol. The van der Waals surface area contributed by atoms with Crippen molar-refractivity contribution in [3.63, 3.8) is 0 Å². The first-order valence-corrected chi connectivity index (χ1v) is 6.16. The minimum Gasteiger partial charge on any atom is -0.243 e. The summed E-state index contributed by atoms with van der Waals surface area (Å²) in [7, 11) is 0. The van der Waals surface area contributed by atoms with Gasteiger partial charge in [-0.2, -0.15) is 0 Å². The first kappa shape index (κ1) is 12.0. The van der Waals surface area contributed by atoms with Gasteiger partial charge in [0.2, 0.25) is 0 Å². The zero-order valence-corrected chi connectivity index (χ0v) is 10.6. The van der Waals surface area contributed by atoms with Crippen LogP contribution in [0.2, 0.25) is 5.15 Å². The molecule has 0 saturated carbocycles. The fourth-order valence-corrected chi connectivity index (χ4v) is 2.00. The van der Waals surface area contributed by atoms with Crippen molar-refractivity contribution in [2.45, 2.75) is 13.3 Å². The number of aromatic nitrogens is 2. The molecule has 2 aromatic rings. The molecule has 2 nitrogen and oxygen atoms in total. The van der Waals surface area contributed by atoms with Crippen LogP contribution in [0.3, 0.4) is 0 Å². The van der Waals surface area contributed by atoms with Crippen molar-refractivity contribution in [2.24, 2.45) is 0 Å². The van der Waals surface area contributed by atoms with E-state index in [2.05, 4.69) is 21.8 Å². The number of aryl methyl sites for hydroxylation is 1. The third-order valence-electron chi connectivity index (χ3n) is 2.03. The monoisotopic (exact) mass is 266 g/mol. The van der Waals surface area contributed by atoms with Crippen LogP contribution in [0.4, 0.5) is 4.39 Å². The number of hydrogen-bond acceptors (Lipinski definition) is 3. The maximum Gasteiger partial charge on any atom is 0.167 e. The molecule has 0 saturated heterocycles. The Morgan fingerprint density at radius 2 is 2.18 bits per heavy atom. The van der Waals surface area contributed by atoms with Gasteiger partial charge in [-0.15, -0.1) is 11.3 Å². The molecule has 0 radical (unpaired) electrons. The molecule has 5 heteroatoms. The summed E-state index contributed by atoms with van der Waals surface area (Å²) in [6, 6.07) is 1.14. The summed E-state index contributed by atoms with van der Waals surface area (Å²) in [6.45, 7) is 2.05. The van der Waals surface area contributed by atoms with Crippen molar-refractivity contribution < 1.29 is 4.39 Å². The van der Waals surface area contributed by atoms with Gasteiger partial charge in [0.25, 0.3) is 0 Å². The lowest BCUT2D eigenvalue weighted by molar-refractivity contribution is 0.622. The van der Waals surface area contributed by atoms with E-state index < -0.39 is 5.82 Å². The maximum atomic E-state index is 13.4. The highest BCUT2D eigenvalue weighted by Crippen LogP contribution is 2.13. The van der Waals surface area contributed by atoms with Crippen LogP contribution in [-0.4, -0.2) is 9.97 Å². The largest absolute Gasteiger partial charge is 0.243 e. The molecule has 0 aliphatic heterocycles. The average molecular weight is 267 g/mol. The van der Waals surface area contributed by atoms with E-state index in [0.717, 1.165) is 17.4 Å². The van der Waals surface area contributed by atoms with Crippen molar-refractivity contribution in [3.05, 3.63) is 44.9 Å². The fraction of sp³-hybridized carbons (Fsp3) is 0.167. The second-order valence-corrected chi connectivity index (χ2v) is 4.72. The molecule has 0 amide bonds. The van der Waals surface area contributed by atoms with Gasteiger partial charge < -0.3 is 0 Å². The van der Waals surface area contributed by atoms with Gasteiger partial charge in [0.05, 0.1) is 5.56 Å². The number of hydrogen-bond donors (Lipinski definition) is 0. The van der Waals surface area contributed by atoms with Crippen LogP contribution in [0.15, 0.2) is 18.5 Å². The number of pyridine rings is 1. The highest BCUT2D eigenvalue weighted by molar-refractivity contribution is 7.12. The Morgan fingerprint density at radius 3 is 2.82 bits per heavy atom. The standard InChI is InChI=1S/C12H8ClFN2S/c1-2-9-7-16-12(17-9)4-3-8-6-15-11(13)5-10(8)14/h5-7H,2H2,1H3. The summed E-state index contributed by atoms with van der Waals surface area (Å²) < 4.78 is 13.4. The third kappa shape index (κ3) is 3.02. The topological polar surface area (TPSA) is 25.8 Å². The van der Waals surface area contributed by atoms with Crippen molar-refractivity contribution in [3.8, 4) is 11.8 Å². The van der Waals surface area contributed by atoms with Crippen molar-refractivity contribution in [2.75, 3.05) is 0 Å². The van der Waals surface area contributed by atoms with Gasteiger partial charge in [0.1, 0.15) is 11.0 Å². The number of rotatable bonds is 1. The summed E-state index contributed by atoms with van der Waals surface area (Å²) in [5, 5.41) is 0.798. The molecule has 17 heavy (non-hydrogen) atoms. The first-order valence-electron chi connectivity index (χ1n) is 4.97. The quantitative estimate of drug-likeness (QED) is 0.585. The molecule has 2 heterocycles. The van der Waals surface area contributed by atoms with Gasteiger partial charge in [-0.05, 0) is 12.3 Å². The molecule has 0 aromatic carbocycles. The van der Waals surface area contributed by atoms with Gasteiger partial charge in [0.15, 0.2) is 5.01 Å². The Balaban J connectivity index is 2.26. The number of thiazole rings is 1. The maximum absolute atomic E-state index is 13.4. The molecular formula is C12H8ClFN2S. The molecule has 2 rings (SSSR count). The van der Waals surface area contributed by atoms with Gasteiger partial charge in [-0.1, -0.05) is 24.4 Å². The van der Waals surface area contributed by atoms with Crippen LogP contribution in [0.5, 0.6) is 0 Å². The van der Waals surface area contributed by atoms with Gasteiger partial charge in [-0.25, -0.2) is 14.4 Å². The molecule has 2 aromatic heterocycles. The van der Waals surface area contributed by atoms with E-state index in [0.29, 0.717) is 5.01 Å². The van der Waals surface area contributed by atoms with E-state index in [4.69, 9.17) is 11.6 Å². The lowest BCUT2D eigenvalue weighted by atomic mass is 10.3. The summed E-state index contributed by atoms with van der Waals surface area (Å²) in [4.78, 5) is 9.06. The zero-order valence-electron chi connectivity index (χ0n) is 9.00. The van der Waals surface area contributed by atoms with E-state index in [1.807, 2.05) is 6.92 Å². The Labute approximate surface area is 107 Å². The normalized spacial score (nSPS) is 9.82. The summed E-state index contributed by atoms with van der Waals surface area (Å²) in [6.07, 6.45) is 4.03. The Hall–Kier alpha value is -1.44. The lowest BCUT2D eigenvalue weighted by Crippen LogP contribution is -1.86. The Bertz CT molecular complexity index is 598. The average Bonchev–Trinajstić information content (AvgIpc) is 2.76. The van der Waals surface area contributed by atoms with Crippen LogP contribution in [-0.2, 0) is 6.42 Å². The summed E-state index contributed by atoms with van der Waals surface area (Å²) in [5.41, 5.74) is 0.225. The van der Waals surface area contributed by atoms with Crippen LogP contribution < -0.4 is 0 Å². The van der Waals surface area contributed by atoms with E-state index in [1.165, 1.54) is 17.5 Å². The van der Waals surface area contributed by atoms with Gasteiger partial charge in [-0.3, -0.25) is 0 Å². The van der Waals surface area contributed by atoms with E-state index in [9.17, 15) is 4.39 Å². The molecule has 86 valence electrons. The van der Waals surface area contributed by atoms with Gasteiger partial charge in [0, 0.05) is 23.3 Å². The van der Waals surface area contributed by atoms with Crippen molar-refractivity contribution in [1.82, 2.24) is 9.97 Å². The van der Waals surface area contributed by atoms with Crippen molar-refractivity contribution in [1.29, 1.82) is 0 Å². The highest BCUT2D eigenvalue weighted by atomic mass is 35.5. The molecule has 0 unspecified atom stereocenters. The minimum atomic E-state index is -0.468. The van der Waals surface area contributed by atoms with Gasteiger partial charge >= 0.3 is 0 Å². The fourth-order valence-electron chi connectivity index (χ4n) is 1.15. The molecule has 0 aliphatic rings. The third-order valence-corrected chi connectivity index (χ3v) is 3.29.